The van der Waals surface area contributed by atoms with Gasteiger partial charge in [-0.3, -0.25) is 9.59 Å². The van der Waals surface area contributed by atoms with Crippen LogP contribution in [0.2, 0.25) is 0 Å². The maximum atomic E-state index is 12.9. The van der Waals surface area contributed by atoms with E-state index in [0.717, 1.165) is 29.7 Å². The van der Waals surface area contributed by atoms with Gasteiger partial charge in [-0.15, -0.1) is 11.3 Å². The third-order valence-corrected chi connectivity index (χ3v) is 6.80. The second kappa shape index (κ2) is 5.98. The summed E-state index contributed by atoms with van der Waals surface area (Å²) in [5.41, 5.74) is 1.41. The molecule has 1 amide bonds. The van der Waals surface area contributed by atoms with Crippen LogP contribution in [-0.2, 0) is 27.2 Å². The van der Waals surface area contributed by atoms with Gasteiger partial charge in [0.1, 0.15) is 5.00 Å². The summed E-state index contributed by atoms with van der Waals surface area (Å²) in [6, 6.07) is 0. The second-order valence-electron chi connectivity index (χ2n) is 6.88. The molecule has 1 fully saturated rings. The zero-order valence-corrected chi connectivity index (χ0v) is 14.6. The lowest BCUT2D eigenvalue weighted by Gasteiger charge is -2.23. The first-order valence-electron chi connectivity index (χ1n) is 8.46. The van der Waals surface area contributed by atoms with Gasteiger partial charge in [0.15, 0.2) is 0 Å². The van der Waals surface area contributed by atoms with Crippen LogP contribution in [0.1, 0.15) is 33.6 Å². The molecule has 132 valence electrons. The predicted octanol–water partition coefficient (Wildman–Crippen LogP) is 2.48. The largest absolute Gasteiger partial charge is 0.481 e. The highest BCUT2D eigenvalue weighted by Crippen LogP contribution is 2.49. The van der Waals surface area contributed by atoms with Crippen LogP contribution < -0.4 is 5.32 Å². The van der Waals surface area contributed by atoms with E-state index in [0.29, 0.717) is 17.0 Å². The quantitative estimate of drug-likeness (QED) is 0.635. The Morgan fingerprint density at radius 3 is 2.60 bits per heavy atom. The minimum atomic E-state index is -0.932. The Bertz CT molecular complexity index is 796. The smallest absolute Gasteiger partial charge is 0.341 e. The van der Waals surface area contributed by atoms with E-state index >= 15 is 0 Å². The molecule has 4 rings (SSSR count). The molecule has 0 saturated heterocycles. The molecule has 0 unspecified atom stereocenters. The zero-order valence-electron chi connectivity index (χ0n) is 13.8. The van der Waals surface area contributed by atoms with Gasteiger partial charge < -0.3 is 15.2 Å². The molecule has 6 nitrogen and oxygen atoms in total. The number of rotatable bonds is 4. The highest BCUT2D eigenvalue weighted by Gasteiger charge is 2.51. The summed E-state index contributed by atoms with van der Waals surface area (Å²) >= 11 is 1.41. The molecule has 0 aromatic carbocycles. The van der Waals surface area contributed by atoms with Gasteiger partial charge in [-0.2, -0.15) is 0 Å². The Morgan fingerprint density at radius 1 is 1.20 bits per heavy atom. The Morgan fingerprint density at radius 2 is 1.92 bits per heavy atom. The van der Waals surface area contributed by atoms with Crippen LogP contribution in [0.4, 0.5) is 5.00 Å². The van der Waals surface area contributed by atoms with Crippen molar-refractivity contribution in [2.45, 2.75) is 25.7 Å². The number of methoxy groups -OCH3 is 1. The number of allylic oxidation sites excluding steroid dienone is 2. The predicted molar refractivity (Wildman–Crippen MR) is 91.7 cm³/mol. The van der Waals surface area contributed by atoms with Gasteiger partial charge in [0.25, 0.3) is 0 Å². The molecule has 2 bridgehead atoms. The van der Waals surface area contributed by atoms with Gasteiger partial charge >= 0.3 is 11.9 Å². The molecular weight excluding hydrogens is 342 g/mol. The molecular formula is C18H19NO5S. The fraction of sp³-hybridized carbons (Fsp3) is 0.500. The van der Waals surface area contributed by atoms with Gasteiger partial charge in [0.05, 0.1) is 24.5 Å². The van der Waals surface area contributed by atoms with Crippen molar-refractivity contribution in [2.24, 2.45) is 23.7 Å². The fourth-order valence-corrected chi connectivity index (χ4v) is 5.80. The minimum Gasteiger partial charge on any atom is -0.481 e. The van der Waals surface area contributed by atoms with Crippen LogP contribution in [-0.4, -0.2) is 30.1 Å². The molecule has 2 N–H and O–H groups in total. The van der Waals surface area contributed by atoms with E-state index in [9.17, 15) is 19.5 Å². The van der Waals surface area contributed by atoms with Gasteiger partial charge in [-0.05, 0) is 43.1 Å². The molecule has 0 spiro atoms. The molecule has 0 radical (unpaired) electrons. The Kier molecular flexibility index (Phi) is 3.91. The van der Waals surface area contributed by atoms with E-state index in [1.165, 1.54) is 18.4 Å². The summed E-state index contributed by atoms with van der Waals surface area (Å²) in [4.78, 5) is 37.8. The number of carboxylic acids is 1. The maximum absolute atomic E-state index is 12.9. The number of esters is 1. The number of anilines is 1. The van der Waals surface area contributed by atoms with Crippen molar-refractivity contribution in [2.75, 3.05) is 12.4 Å². The number of hydrogen-bond acceptors (Lipinski definition) is 5. The number of fused-ring (bicyclic) bond motifs is 3. The molecule has 0 aliphatic heterocycles. The SMILES string of the molecule is COC(=O)c1c(NC(=O)[C@@H]2[C@@H](C(=O)O)[C@H]3C=C[C@@H]2C3)sc2c1CCC2. The summed E-state index contributed by atoms with van der Waals surface area (Å²) in [6.45, 7) is 0. The highest BCUT2D eigenvalue weighted by molar-refractivity contribution is 7.17. The molecule has 1 saturated carbocycles. The molecule has 3 aliphatic rings. The van der Waals surface area contributed by atoms with Crippen LogP contribution in [0, 0.1) is 23.7 Å². The molecule has 3 aliphatic carbocycles. The highest BCUT2D eigenvalue weighted by atomic mass is 32.1. The number of ether oxygens (including phenoxy) is 1. The first-order chi connectivity index (χ1) is 12.0. The van der Waals surface area contributed by atoms with Gasteiger partial charge in [-0.1, -0.05) is 12.2 Å². The average molecular weight is 361 g/mol. The van der Waals surface area contributed by atoms with Crippen LogP contribution in [0.5, 0.6) is 0 Å². The van der Waals surface area contributed by atoms with Crippen molar-refractivity contribution in [3.05, 3.63) is 28.2 Å². The van der Waals surface area contributed by atoms with Crippen molar-refractivity contribution >= 4 is 34.2 Å². The molecule has 7 heteroatoms. The Balaban J connectivity index is 1.63. The standard InChI is InChI=1S/C18H19NO5S/c1-24-18(23)14-10-3-2-4-11(10)25-16(14)19-15(20)12-8-5-6-9(7-8)13(12)17(21)22/h5-6,8-9,12-13H,2-4,7H2,1H3,(H,19,20)(H,21,22)/t8-,9+,12+,13+/m1/s1. The van der Waals surface area contributed by atoms with Gasteiger partial charge in [0.2, 0.25) is 5.91 Å². The second-order valence-corrected chi connectivity index (χ2v) is 7.99. The van der Waals surface area contributed by atoms with Crippen molar-refractivity contribution in [1.82, 2.24) is 0 Å². The maximum Gasteiger partial charge on any atom is 0.341 e. The van der Waals surface area contributed by atoms with Gasteiger partial charge in [0, 0.05) is 4.88 Å². The Hall–Kier alpha value is -2.15. The molecule has 1 aromatic rings. The summed E-state index contributed by atoms with van der Waals surface area (Å²) in [6.07, 6.45) is 7.27. The van der Waals surface area contributed by atoms with Crippen LogP contribution in [0.15, 0.2) is 12.2 Å². The number of carboxylic acid groups (broad SMARTS) is 1. The minimum absolute atomic E-state index is 0.0421. The van der Waals surface area contributed by atoms with Crippen molar-refractivity contribution in [1.29, 1.82) is 0 Å². The van der Waals surface area contributed by atoms with Crippen LogP contribution >= 0.6 is 11.3 Å². The van der Waals surface area contributed by atoms with E-state index in [-0.39, 0.29) is 17.7 Å². The summed E-state index contributed by atoms with van der Waals surface area (Å²) in [5.74, 6) is -3.09. The lowest BCUT2D eigenvalue weighted by atomic mass is 9.82. The average Bonchev–Trinajstić information content (AvgIpc) is 3.32. The van der Waals surface area contributed by atoms with E-state index in [1.54, 1.807) is 0 Å². The number of carbonyl (C=O) groups excluding carboxylic acids is 2. The third-order valence-electron chi connectivity index (χ3n) is 5.59. The van der Waals surface area contributed by atoms with E-state index in [4.69, 9.17) is 4.74 Å². The number of aliphatic carboxylic acids is 1. The van der Waals surface area contributed by atoms with Crippen molar-refractivity contribution in [3.8, 4) is 0 Å². The summed E-state index contributed by atoms with van der Waals surface area (Å²) < 4.78 is 4.89. The summed E-state index contributed by atoms with van der Waals surface area (Å²) in [7, 11) is 1.33. The topological polar surface area (TPSA) is 92.7 Å². The number of hydrogen-bond donors (Lipinski definition) is 2. The lowest BCUT2D eigenvalue weighted by molar-refractivity contribution is -0.146. The van der Waals surface area contributed by atoms with Crippen LogP contribution in [0.3, 0.4) is 0 Å². The molecule has 1 aromatic heterocycles. The molecule has 4 atom stereocenters. The zero-order chi connectivity index (χ0) is 17.7. The fourth-order valence-electron chi connectivity index (χ4n) is 4.52. The number of amides is 1. The van der Waals surface area contributed by atoms with Crippen molar-refractivity contribution in [3.63, 3.8) is 0 Å². The molecule has 25 heavy (non-hydrogen) atoms. The van der Waals surface area contributed by atoms with Crippen LogP contribution in [0.25, 0.3) is 0 Å². The lowest BCUT2D eigenvalue weighted by Crippen LogP contribution is -2.36. The number of aryl methyl sites for hydroxylation is 1. The van der Waals surface area contributed by atoms with E-state index in [2.05, 4.69) is 5.32 Å². The van der Waals surface area contributed by atoms with Crippen molar-refractivity contribution < 1.29 is 24.2 Å². The molecule has 1 heterocycles. The number of thiophene rings is 1. The number of nitrogens with one attached hydrogen (secondary N) is 1. The third kappa shape index (κ3) is 2.49. The Labute approximate surface area is 148 Å². The van der Waals surface area contributed by atoms with E-state index in [1.807, 2.05) is 12.2 Å². The van der Waals surface area contributed by atoms with Gasteiger partial charge in [-0.25, -0.2) is 4.79 Å². The summed E-state index contributed by atoms with van der Waals surface area (Å²) in [5, 5.41) is 12.9. The first-order valence-corrected chi connectivity index (χ1v) is 9.27. The monoisotopic (exact) mass is 361 g/mol. The first kappa shape index (κ1) is 16.3. The number of carbonyl (C=O) groups is 3. The normalized spacial score (nSPS) is 28.8. The van der Waals surface area contributed by atoms with E-state index < -0.39 is 23.8 Å².